The Hall–Kier alpha value is -2.27. The van der Waals surface area contributed by atoms with E-state index in [-0.39, 0.29) is 16.7 Å². The topological polar surface area (TPSA) is 57.6 Å². The Kier molecular flexibility index (Phi) is 5.33. The minimum atomic E-state index is -0.960. The van der Waals surface area contributed by atoms with Gasteiger partial charge in [0.25, 0.3) is 5.91 Å². The van der Waals surface area contributed by atoms with Gasteiger partial charge in [0.05, 0.1) is 0 Å². The maximum absolute atomic E-state index is 13.2. The fourth-order valence-corrected chi connectivity index (χ4v) is 4.72. The van der Waals surface area contributed by atoms with E-state index in [1.807, 2.05) is 37.3 Å². The Balaban J connectivity index is 1.98. The first-order valence-corrected chi connectivity index (χ1v) is 10.1. The van der Waals surface area contributed by atoms with Crippen molar-refractivity contribution in [2.75, 3.05) is 5.75 Å². The van der Waals surface area contributed by atoms with Crippen LogP contribution in [0.2, 0.25) is 0 Å². The van der Waals surface area contributed by atoms with Crippen molar-refractivity contribution in [1.82, 2.24) is 4.90 Å². The van der Waals surface area contributed by atoms with Gasteiger partial charge >= 0.3 is 5.97 Å². The summed E-state index contributed by atoms with van der Waals surface area (Å²) in [5.74, 6) is -0.799. The third-order valence-electron chi connectivity index (χ3n) is 4.96. The molecule has 1 amide bonds. The van der Waals surface area contributed by atoms with Crippen molar-refractivity contribution in [1.29, 1.82) is 0 Å². The molecule has 142 valence electrons. The first-order valence-electron chi connectivity index (χ1n) is 9.03. The van der Waals surface area contributed by atoms with Crippen molar-refractivity contribution in [3.8, 4) is 0 Å². The van der Waals surface area contributed by atoms with Crippen molar-refractivity contribution < 1.29 is 14.7 Å². The van der Waals surface area contributed by atoms with Gasteiger partial charge in [-0.3, -0.25) is 4.79 Å². The Morgan fingerprint density at radius 1 is 1.07 bits per heavy atom. The molecule has 0 aromatic heterocycles. The first-order chi connectivity index (χ1) is 12.7. The van der Waals surface area contributed by atoms with Crippen LogP contribution in [0, 0.1) is 6.92 Å². The van der Waals surface area contributed by atoms with E-state index in [1.54, 1.807) is 6.07 Å². The highest BCUT2D eigenvalue weighted by Gasteiger charge is 2.43. The summed E-state index contributed by atoms with van der Waals surface area (Å²) < 4.78 is 0. The van der Waals surface area contributed by atoms with E-state index < -0.39 is 12.0 Å². The molecule has 0 aliphatic carbocycles. The second-order valence-corrected chi connectivity index (χ2v) is 9.05. The number of hydrogen-bond acceptors (Lipinski definition) is 3. The van der Waals surface area contributed by atoms with Gasteiger partial charge in [0.2, 0.25) is 0 Å². The smallest absolute Gasteiger partial charge is 0.327 e. The number of hydrogen-bond donors (Lipinski definition) is 1. The van der Waals surface area contributed by atoms with Crippen LogP contribution in [0.25, 0.3) is 0 Å². The second kappa shape index (κ2) is 7.39. The molecule has 0 bridgehead atoms. The molecule has 1 fully saturated rings. The Morgan fingerprint density at radius 2 is 1.70 bits per heavy atom. The monoisotopic (exact) mass is 383 g/mol. The van der Waals surface area contributed by atoms with Crippen LogP contribution in [-0.4, -0.2) is 33.7 Å². The number of aryl methyl sites for hydroxylation is 1. The van der Waals surface area contributed by atoms with Crippen molar-refractivity contribution in [3.05, 3.63) is 70.8 Å². The van der Waals surface area contributed by atoms with Gasteiger partial charge in [-0.2, -0.15) is 0 Å². The quantitative estimate of drug-likeness (QED) is 0.839. The van der Waals surface area contributed by atoms with E-state index in [9.17, 15) is 14.7 Å². The van der Waals surface area contributed by atoms with E-state index in [0.29, 0.717) is 11.3 Å². The predicted molar refractivity (Wildman–Crippen MR) is 109 cm³/mol. The standard InChI is InChI=1S/C22H25NO3S/c1-14-7-5-6-8-17(14)19(24)23-18(21(25)26)13-27-20(23)15-9-11-16(12-10-15)22(2,3)4/h5-12,18,20H,13H2,1-4H3,(H,25,26). The van der Waals surface area contributed by atoms with E-state index in [0.717, 1.165) is 11.1 Å². The number of benzene rings is 2. The highest BCUT2D eigenvalue weighted by atomic mass is 32.2. The molecule has 2 atom stereocenters. The number of carbonyl (C=O) groups is 2. The summed E-state index contributed by atoms with van der Waals surface area (Å²) in [5.41, 5.74) is 3.62. The summed E-state index contributed by atoms with van der Waals surface area (Å²) in [5, 5.41) is 9.36. The molecule has 27 heavy (non-hydrogen) atoms. The fraction of sp³-hybridized carbons (Fsp3) is 0.364. The lowest BCUT2D eigenvalue weighted by Gasteiger charge is -2.29. The molecule has 1 heterocycles. The van der Waals surface area contributed by atoms with Crippen molar-refractivity contribution in [2.45, 2.75) is 44.5 Å². The second-order valence-electron chi connectivity index (χ2n) is 7.94. The Morgan fingerprint density at radius 3 is 2.26 bits per heavy atom. The SMILES string of the molecule is Cc1ccccc1C(=O)N1C(C(=O)O)CSC1c1ccc(C(C)(C)C)cc1. The molecule has 5 heteroatoms. The van der Waals surface area contributed by atoms with E-state index in [4.69, 9.17) is 0 Å². The van der Waals surface area contributed by atoms with Crippen LogP contribution in [0.3, 0.4) is 0 Å². The van der Waals surface area contributed by atoms with Crippen molar-refractivity contribution in [2.24, 2.45) is 0 Å². The maximum atomic E-state index is 13.2. The zero-order chi connectivity index (χ0) is 19.8. The number of nitrogens with zero attached hydrogens (tertiary/aromatic N) is 1. The fourth-order valence-electron chi connectivity index (χ4n) is 3.30. The van der Waals surface area contributed by atoms with Crippen molar-refractivity contribution in [3.63, 3.8) is 0 Å². The molecule has 2 unspecified atom stereocenters. The maximum Gasteiger partial charge on any atom is 0.327 e. The highest BCUT2D eigenvalue weighted by molar-refractivity contribution is 7.99. The molecule has 2 aromatic rings. The molecule has 0 radical (unpaired) electrons. The molecule has 1 aliphatic heterocycles. The minimum Gasteiger partial charge on any atom is -0.480 e. The zero-order valence-electron chi connectivity index (χ0n) is 16.1. The number of carboxylic acid groups (broad SMARTS) is 1. The number of carboxylic acids is 1. The Bertz CT molecular complexity index is 855. The number of carbonyl (C=O) groups excluding carboxylic acids is 1. The van der Waals surface area contributed by atoms with Crippen LogP contribution >= 0.6 is 11.8 Å². The summed E-state index contributed by atoms with van der Waals surface area (Å²) >= 11 is 1.51. The van der Waals surface area contributed by atoms with Crippen LogP contribution in [0.15, 0.2) is 48.5 Å². The van der Waals surface area contributed by atoms with E-state index in [1.165, 1.54) is 22.2 Å². The molecule has 4 nitrogen and oxygen atoms in total. The highest BCUT2D eigenvalue weighted by Crippen LogP contribution is 2.43. The molecule has 1 aliphatic rings. The predicted octanol–water partition coefficient (Wildman–Crippen LogP) is 4.63. The van der Waals surface area contributed by atoms with Crippen LogP contribution < -0.4 is 0 Å². The number of aliphatic carboxylic acids is 1. The summed E-state index contributed by atoms with van der Waals surface area (Å²) in [6.45, 7) is 8.34. The number of rotatable bonds is 3. The van der Waals surface area contributed by atoms with Gasteiger partial charge in [-0.1, -0.05) is 63.2 Å². The average Bonchev–Trinajstić information content (AvgIpc) is 3.06. The minimum absolute atomic E-state index is 0.0433. The first kappa shape index (κ1) is 19.5. The lowest BCUT2D eigenvalue weighted by molar-refractivity contribution is -0.141. The van der Waals surface area contributed by atoms with Crippen LogP contribution in [0.1, 0.15) is 53.2 Å². The lowest BCUT2D eigenvalue weighted by Crippen LogP contribution is -2.43. The zero-order valence-corrected chi connectivity index (χ0v) is 16.9. The summed E-state index contributed by atoms with van der Waals surface area (Å²) in [4.78, 5) is 26.6. The molecular weight excluding hydrogens is 358 g/mol. The largest absolute Gasteiger partial charge is 0.480 e. The van der Waals surface area contributed by atoms with Crippen LogP contribution in [0.5, 0.6) is 0 Å². The molecule has 1 N–H and O–H groups in total. The van der Waals surface area contributed by atoms with Gasteiger partial charge in [-0.15, -0.1) is 11.8 Å². The third kappa shape index (κ3) is 3.88. The average molecular weight is 384 g/mol. The van der Waals surface area contributed by atoms with E-state index >= 15 is 0 Å². The molecule has 0 saturated carbocycles. The normalized spacial score (nSPS) is 19.9. The summed E-state index contributed by atoms with van der Waals surface area (Å²) in [6.07, 6.45) is 0. The summed E-state index contributed by atoms with van der Waals surface area (Å²) in [7, 11) is 0. The van der Waals surface area contributed by atoms with Gasteiger partial charge in [0.15, 0.2) is 0 Å². The van der Waals surface area contributed by atoms with Gasteiger partial charge < -0.3 is 10.0 Å². The number of thioether (sulfide) groups is 1. The third-order valence-corrected chi connectivity index (χ3v) is 6.28. The molecule has 1 saturated heterocycles. The van der Waals surface area contributed by atoms with Gasteiger partial charge in [0, 0.05) is 11.3 Å². The molecule has 3 rings (SSSR count). The molecule has 2 aromatic carbocycles. The van der Waals surface area contributed by atoms with E-state index in [2.05, 4.69) is 32.9 Å². The lowest BCUT2D eigenvalue weighted by atomic mass is 9.86. The van der Waals surface area contributed by atoms with Gasteiger partial charge in [0.1, 0.15) is 11.4 Å². The van der Waals surface area contributed by atoms with Crippen molar-refractivity contribution >= 4 is 23.6 Å². The summed E-state index contributed by atoms with van der Waals surface area (Å²) in [6, 6.07) is 14.7. The van der Waals surface area contributed by atoms with Gasteiger partial charge in [-0.25, -0.2) is 4.79 Å². The van der Waals surface area contributed by atoms with Crippen LogP contribution in [0.4, 0.5) is 0 Å². The Labute approximate surface area is 164 Å². The van der Waals surface area contributed by atoms with Gasteiger partial charge in [-0.05, 0) is 35.1 Å². The van der Waals surface area contributed by atoms with Crippen LogP contribution in [-0.2, 0) is 10.2 Å². The molecule has 0 spiro atoms. The number of amides is 1. The molecular formula is C22H25NO3S.